The van der Waals surface area contributed by atoms with E-state index in [4.69, 9.17) is 9.84 Å². The van der Waals surface area contributed by atoms with E-state index in [2.05, 4.69) is 10.3 Å². The van der Waals surface area contributed by atoms with Crippen molar-refractivity contribution in [3.8, 4) is 0 Å². The number of pyridine rings is 1. The van der Waals surface area contributed by atoms with Gasteiger partial charge in [0.15, 0.2) is 5.69 Å². The van der Waals surface area contributed by atoms with E-state index in [9.17, 15) is 9.59 Å². The number of carboxylic acids is 1. The van der Waals surface area contributed by atoms with Crippen LogP contribution in [0.3, 0.4) is 0 Å². The number of halogens is 1. The zero-order valence-corrected chi connectivity index (χ0v) is 13.2. The minimum atomic E-state index is -1.14. The minimum Gasteiger partial charge on any atom is -0.477 e. The molecule has 0 fully saturated rings. The monoisotopic (exact) mass is 378 g/mol. The fourth-order valence-electron chi connectivity index (χ4n) is 1.26. The fourth-order valence-corrected chi connectivity index (χ4v) is 1.81. The summed E-state index contributed by atoms with van der Waals surface area (Å²) in [6.07, 6.45) is -0.670. The number of aromatic carboxylic acids is 1. The summed E-state index contributed by atoms with van der Waals surface area (Å²) in [4.78, 5) is 26.5. The quantitative estimate of drug-likeness (QED) is 0.773. The molecule has 19 heavy (non-hydrogen) atoms. The minimum absolute atomic E-state index is 0.0852. The first kappa shape index (κ1) is 15.7. The number of carbonyl (C=O) groups is 2. The molecule has 1 aromatic heterocycles. The van der Waals surface area contributed by atoms with E-state index in [-0.39, 0.29) is 11.5 Å². The summed E-state index contributed by atoms with van der Waals surface area (Å²) < 4.78 is 5.78. The smallest absolute Gasteiger partial charge is 0.413 e. The number of nitrogens with zero attached hydrogens (tertiary/aromatic N) is 1. The second kappa shape index (κ2) is 5.72. The maximum absolute atomic E-state index is 11.6. The lowest BCUT2D eigenvalue weighted by atomic mass is 10.2. The van der Waals surface area contributed by atoms with Gasteiger partial charge in [0, 0.05) is 3.57 Å². The molecular formula is C12H15IN2O4. The lowest BCUT2D eigenvalue weighted by Crippen LogP contribution is -2.27. The number of nitrogens with one attached hydrogen (secondary N) is 1. The average Bonchev–Trinajstić information content (AvgIpc) is 2.19. The van der Waals surface area contributed by atoms with Crippen LogP contribution in [-0.4, -0.2) is 27.8 Å². The van der Waals surface area contributed by atoms with E-state index in [0.717, 1.165) is 0 Å². The van der Waals surface area contributed by atoms with Crippen LogP contribution in [0.2, 0.25) is 0 Å². The van der Waals surface area contributed by atoms with Gasteiger partial charge in [-0.15, -0.1) is 0 Å². The number of hydrogen-bond acceptors (Lipinski definition) is 4. The van der Waals surface area contributed by atoms with E-state index in [1.54, 1.807) is 33.8 Å². The summed E-state index contributed by atoms with van der Waals surface area (Å²) in [5.74, 6) is -0.982. The van der Waals surface area contributed by atoms with Gasteiger partial charge in [0.2, 0.25) is 0 Å². The molecule has 1 amide bonds. The van der Waals surface area contributed by atoms with Crippen LogP contribution in [-0.2, 0) is 4.74 Å². The molecule has 0 aliphatic heterocycles. The average molecular weight is 378 g/mol. The topological polar surface area (TPSA) is 88.5 Å². The molecule has 0 radical (unpaired) electrons. The van der Waals surface area contributed by atoms with Crippen LogP contribution < -0.4 is 5.32 Å². The Kier molecular flexibility index (Phi) is 4.72. The molecule has 104 valence electrons. The third kappa shape index (κ3) is 4.66. The Morgan fingerprint density at radius 1 is 1.42 bits per heavy atom. The molecule has 7 heteroatoms. The fraction of sp³-hybridized carbons (Fsp3) is 0.417. The summed E-state index contributed by atoms with van der Waals surface area (Å²) in [5.41, 5.74) is -0.154. The van der Waals surface area contributed by atoms with E-state index >= 15 is 0 Å². The zero-order valence-electron chi connectivity index (χ0n) is 11.1. The summed E-state index contributed by atoms with van der Waals surface area (Å²) in [5, 5.41) is 11.4. The van der Waals surface area contributed by atoms with E-state index < -0.39 is 17.7 Å². The van der Waals surface area contributed by atoms with Crippen LogP contribution >= 0.6 is 22.6 Å². The first-order valence-electron chi connectivity index (χ1n) is 5.50. The van der Waals surface area contributed by atoms with Crippen molar-refractivity contribution in [1.29, 1.82) is 0 Å². The van der Waals surface area contributed by atoms with Gasteiger partial charge < -0.3 is 9.84 Å². The third-order valence-corrected chi connectivity index (χ3v) is 3.16. The van der Waals surface area contributed by atoms with Crippen molar-refractivity contribution in [1.82, 2.24) is 4.98 Å². The van der Waals surface area contributed by atoms with Crippen molar-refractivity contribution in [2.45, 2.75) is 33.3 Å². The van der Waals surface area contributed by atoms with Crippen LogP contribution in [0.25, 0.3) is 0 Å². The highest BCUT2D eigenvalue weighted by Gasteiger charge is 2.18. The molecule has 0 saturated carbocycles. The van der Waals surface area contributed by atoms with Crippen molar-refractivity contribution in [2.24, 2.45) is 0 Å². The summed E-state index contributed by atoms with van der Waals surface area (Å²) in [7, 11) is 0. The first-order chi connectivity index (χ1) is 8.60. The Hall–Kier alpha value is -1.38. The van der Waals surface area contributed by atoms with Crippen LogP contribution in [0.4, 0.5) is 10.6 Å². The molecule has 0 spiro atoms. The molecule has 0 saturated heterocycles. The maximum Gasteiger partial charge on any atom is 0.413 e. The van der Waals surface area contributed by atoms with Gasteiger partial charge in [0.1, 0.15) is 11.4 Å². The maximum atomic E-state index is 11.6. The molecule has 0 atom stereocenters. The number of hydrogen-bond donors (Lipinski definition) is 2. The lowest BCUT2D eigenvalue weighted by molar-refractivity contribution is 0.0630. The predicted molar refractivity (Wildman–Crippen MR) is 78.5 cm³/mol. The van der Waals surface area contributed by atoms with Crippen molar-refractivity contribution >= 4 is 40.5 Å². The van der Waals surface area contributed by atoms with Crippen LogP contribution in [0.1, 0.15) is 36.8 Å². The molecular weight excluding hydrogens is 363 g/mol. The number of rotatable bonds is 2. The second-order valence-corrected chi connectivity index (χ2v) is 6.06. The molecule has 1 rings (SSSR count). The normalized spacial score (nSPS) is 11.0. The largest absolute Gasteiger partial charge is 0.477 e. The molecule has 0 unspecified atom stereocenters. The van der Waals surface area contributed by atoms with Gasteiger partial charge in [0.25, 0.3) is 0 Å². The second-order valence-electron chi connectivity index (χ2n) is 4.89. The standard InChI is InChI=1S/C12H15IN2O4/c1-6-7(13)5-8(14-9(6)10(16)17)15-11(18)19-12(2,3)4/h5H,1-4H3,(H,16,17)(H,14,15,18). The Balaban J connectivity index is 2.97. The van der Waals surface area contributed by atoms with Crippen LogP contribution in [0.15, 0.2) is 6.07 Å². The van der Waals surface area contributed by atoms with E-state index in [1.165, 1.54) is 0 Å². The number of aromatic nitrogens is 1. The molecule has 2 N–H and O–H groups in total. The Morgan fingerprint density at radius 3 is 2.47 bits per heavy atom. The molecule has 6 nitrogen and oxygen atoms in total. The molecule has 0 aliphatic rings. The van der Waals surface area contributed by atoms with Gasteiger partial charge >= 0.3 is 12.1 Å². The Morgan fingerprint density at radius 2 is 2.00 bits per heavy atom. The molecule has 1 aromatic rings. The number of carbonyl (C=O) groups excluding carboxylic acids is 1. The van der Waals surface area contributed by atoms with Gasteiger partial charge in [-0.1, -0.05) is 0 Å². The number of carboxylic acid groups (broad SMARTS) is 1. The third-order valence-electron chi connectivity index (χ3n) is 2.04. The van der Waals surface area contributed by atoms with E-state index in [0.29, 0.717) is 9.13 Å². The number of amides is 1. The van der Waals surface area contributed by atoms with Crippen molar-refractivity contribution < 1.29 is 19.4 Å². The van der Waals surface area contributed by atoms with E-state index in [1.807, 2.05) is 22.6 Å². The first-order valence-corrected chi connectivity index (χ1v) is 6.58. The van der Waals surface area contributed by atoms with Crippen LogP contribution in [0.5, 0.6) is 0 Å². The number of anilines is 1. The van der Waals surface area contributed by atoms with Gasteiger partial charge in [0.05, 0.1) is 0 Å². The van der Waals surface area contributed by atoms with Gasteiger partial charge in [-0.3, -0.25) is 5.32 Å². The molecule has 0 bridgehead atoms. The molecule has 1 heterocycles. The summed E-state index contributed by atoms with van der Waals surface area (Å²) in [6.45, 7) is 6.88. The Labute approximate surface area is 124 Å². The SMILES string of the molecule is Cc1c(I)cc(NC(=O)OC(C)(C)C)nc1C(=O)O. The highest BCUT2D eigenvalue weighted by atomic mass is 127. The van der Waals surface area contributed by atoms with Crippen molar-refractivity contribution in [3.63, 3.8) is 0 Å². The summed E-state index contributed by atoms with van der Waals surface area (Å²) >= 11 is 1.99. The lowest BCUT2D eigenvalue weighted by Gasteiger charge is -2.19. The highest BCUT2D eigenvalue weighted by Crippen LogP contribution is 2.19. The molecule has 0 aromatic carbocycles. The van der Waals surface area contributed by atoms with Crippen molar-refractivity contribution in [2.75, 3.05) is 5.32 Å². The highest BCUT2D eigenvalue weighted by molar-refractivity contribution is 14.1. The van der Waals surface area contributed by atoms with Crippen LogP contribution in [0, 0.1) is 10.5 Å². The summed E-state index contributed by atoms with van der Waals surface area (Å²) in [6, 6.07) is 1.59. The predicted octanol–water partition coefficient (Wildman–Crippen LogP) is 3.04. The Bertz CT molecular complexity index is 523. The molecule has 0 aliphatic carbocycles. The van der Waals surface area contributed by atoms with Gasteiger partial charge in [-0.2, -0.15) is 0 Å². The number of ether oxygens (including phenoxy) is 1. The van der Waals surface area contributed by atoms with Crippen molar-refractivity contribution in [3.05, 3.63) is 20.9 Å². The van der Waals surface area contributed by atoms with Gasteiger partial charge in [-0.05, 0) is 61.9 Å². The zero-order chi connectivity index (χ0) is 14.8. The van der Waals surface area contributed by atoms with Gasteiger partial charge in [-0.25, -0.2) is 14.6 Å².